The lowest BCUT2D eigenvalue weighted by Gasteiger charge is -2.14. The first-order chi connectivity index (χ1) is 10.5. The van der Waals surface area contributed by atoms with Gasteiger partial charge in [-0.05, 0) is 31.0 Å². The molecule has 0 bridgehead atoms. The van der Waals surface area contributed by atoms with Crippen LogP contribution in [0.2, 0.25) is 0 Å². The number of amides is 1. The van der Waals surface area contributed by atoms with Gasteiger partial charge in [0.1, 0.15) is 10.7 Å². The first kappa shape index (κ1) is 20.8. The van der Waals surface area contributed by atoms with Crippen LogP contribution in [0.25, 0.3) is 0 Å². The maximum absolute atomic E-state index is 12.9. The Hall–Kier alpha value is -1.21. The predicted octanol–water partition coefficient (Wildman–Crippen LogP) is 3.20. The van der Waals surface area contributed by atoms with Gasteiger partial charge >= 0.3 is 0 Å². The summed E-state index contributed by atoms with van der Waals surface area (Å²) in [4.78, 5) is 19.5. The number of likely N-dealkylation sites (tertiary alicyclic amines) is 1. The Labute approximate surface area is 157 Å². The van der Waals surface area contributed by atoms with Crippen LogP contribution in [0.15, 0.2) is 24.3 Å². The molecule has 1 aromatic heterocycles. The largest absolute Gasteiger partial charge is 0.336 e. The second kappa shape index (κ2) is 8.76. The van der Waals surface area contributed by atoms with E-state index in [2.05, 4.69) is 4.98 Å². The van der Waals surface area contributed by atoms with Gasteiger partial charge in [0.05, 0.1) is 10.7 Å². The number of aryl methyl sites for hydroxylation is 1. The van der Waals surface area contributed by atoms with Gasteiger partial charge in [0, 0.05) is 25.6 Å². The van der Waals surface area contributed by atoms with Gasteiger partial charge in [-0.2, -0.15) is 0 Å². The van der Waals surface area contributed by atoms with E-state index in [4.69, 9.17) is 5.73 Å². The Morgan fingerprint density at radius 2 is 2.04 bits per heavy atom. The lowest BCUT2D eigenvalue weighted by molar-refractivity contribution is 0.0794. The fraction of sp³-hybridized carbons (Fsp3) is 0.375. The van der Waals surface area contributed by atoms with Gasteiger partial charge in [-0.1, -0.05) is 12.1 Å². The molecular formula is C16H20Cl2FN3OS. The number of carbonyl (C=O) groups excluding carboxylic acids is 1. The summed E-state index contributed by atoms with van der Waals surface area (Å²) in [5.74, 6) is -0.228. The average Bonchev–Trinajstić information content (AvgIpc) is 3.07. The second-order valence-electron chi connectivity index (χ2n) is 5.63. The zero-order valence-corrected chi connectivity index (χ0v) is 15.6. The molecule has 1 aliphatic heterocycles. The highest BCUT2D eigenvalue weighted by atomic mass is 35.5. The SMILES string of the molecule is Cc1nc(Cc2ccc(F)cc2)sc1C(=O)N1CC[C@@H](N)C1.Cl.Cl. The van der Waals surface area contributed by atoms with Crippen molar-refractivity contribution >= 4 is 42.1 Å². The molecule has 24 heavy (non-hydrogen) atoms. The molecule has 0 aliphatic carbocycles. The quantitative estimate of drug-likeness (QED) is 0.873. The Bertz CT molecular complexity index is 693. The summed E-state index contributed by atoms with van der Waals surface area (Å²) in [7, 11) is 0. The second-order valence-corrected chi connectivity index (χ2v) is 6.71. The Morgan fingerprint density at radius 1 is 1.38 bits per heavy atom. The fourth-order valence-corrected chi connectivity index (χ4v) is 3.69. The van der Waals surface area contributed by atoms with Gasteiger partial charge < -0.3 is 10.6 Å². The molecule has 0 spiro atoms. The predicted molar refractivity (Wildman–Crippen MR) is 99.0 cm³/mol. The number of halogens is 3. The lowest BCUT2D eigenvalue weighted by atomic mass is 10.1. The highest BCUT2D eigenvalue weighted by molar-refractivity contribution is 7.13. The number of nitrogens with zero attached hydrogens (tertiary/aromatic N) is 2. The van der Waals surface area contributed by atoms with E-state index >= 15 is 0 Å². The molecule has 4 nitrogen and oxygen atoms in total. The lowest BCUT2D eigenvalue weighted by Crippen LogP contribution is -2.31. The molecule has 8 heteroatoms. The van der Waals surface area contributed by atoms with Gasteiger partial charge in [-0.15, -0.1) is 36.2 Å². The number of rotatable bonds is 3. The highest BCUT2D eigenvalue weighted by Crippen LogP contribution is 2.24. The van der Waals surface area contributed by atoms with Gasteiger partial charge in [-0.25, -0.2) is 9.37 Å². The van der Waals surface area contributed by atoms with Crippen molar-refractivity contribution < 1.29 is 9.18 Å². The fourth-order valence-electron chi connectivity index (χ4n) is 2.62. The summed E-state index contributed by atoms with van der Waals surface area (Å²) in [5.41, 5.74) is 7.60. The molecule has 1 amide bonds. The molecule has 1 fully saturated rings. The summed E-state index contributed by atoms with van der Waals surface area (Å²) < 4.78 is 12.9. The molecule has 1 saturated heterocycles. The van der Waals surface area contributed by atoms with Crippen LogP contribution < -0.4 is 5.73 Å². The van der Waals surface area contributed by atoms with E-state index in [9.17, 15) is 9.18 Å². The Balaban J connectivity index is 0.00000144. The van der Waals surface area contributed by atoms with Crippen LogP contribution in [0.5, 0.6) is 0 Å². The van der Waals surface area contributed by atoms with Crippen molar-refractivity contribution in [1.29, 1.82) is 0 Å². The van der Waals surface area contributed by atoms with Crippen molar-refractivity contribution in [3.8, 4) is 0 Å². The van der Waals surface area contributed by atoms with Crippen molar-refractivity contribution in [2.45, 2.75) is 25.8 Å². The minimum absolute atomic E-state index is 0. The van der Waals surface area contributed by atoms with Crippen LogP contribution in [0.3, 0.4) is 0 Å². The molecule has 132 valence electrons. The third-order valence-corrected chi connectivity index (χ3v) is 4.96. The van der Waals surface area contributed by atoms with E-state index < -0.39 is 0 Å². The van der Waals surface area contributed by atoms with Crippen LogP contribution in [0.4, 0.5) is 4.39 Å². The zero-order valence-electron chi connectivity index (χ0n) is 13.2. The van der Waals surface area contributed by atoms with E-state index in [0.29, 0.717) is 24.4 Å². The number of hydrogen-bond acceptors (Lipinski definition) is 4. The zero-order chi connectivity index (χ0) is 15.7. The normalized spacial score (nSPS) is 16.5. The summed E-state index contributed by atoms with van der Waals surface area (Å²) in [5, 5.41) is 0.871. The molecule has 0 radical (unpaired) electrons. The van der Waals surface area contributed by atoms with Crippen molar-refractivity contribution in [3.63, 3.8) is 0 Å². The van der Waals surface area contributed by atoms with Gasteiger partial charge in [-0.3, -0.25) is 4.79 Å². The Kier molecular flexibility index (Phi) is 7.60. The monoisotopic (exact) mass is 391 g/mol. The van der Waals surface area contributed by atoms with Crippen molar-refractivity contribution in [3.05, 3.63) is 51.2 Å². The van der Waals surface area contributed by atoms with E-state index in [1.807, 2.05) is 6.92 Å². The molecule has 2 heterocycles. The summed E-state index contributed by atoms with van der Waals surface area (Å²) in [6.45, 7) is 3.18. The first-order valence-corrected chi connectivity index (χ1v) is 8.10. The maximum atomic E-state index is 12.9. The number of benzene rings is 1. The van der Waals surface area contributed by atoms with Gasteiger partial charge in [0.2, 0.25) is 0 Å². The highest BCUT2D eigenvalue weighted by Gasteiger charge is 2.27. The van der Waals surface area contributed by atoms with Crippen LogP contribution in [0.1, 0.15) is 32.4 Å². The van der Waals surface area contributed by atoms with Crippen LogP contribution in [-0.4, -0.2) is 34.9 Å². The van der Waals surface area contributed by atoms with Crippen molar-refractivity contribution in [2.24, 2.45) is 5.73 Å². The molecule has 1 aliphatic rings. The summed E-state index contributed by atoms with van der Waals surface area (Å²) in [6.07, 6.45) is 1.46. The van der Waals surface area contributed by atoms with Gasteiger partial charge in [0.25, 0.3) is 5.91 Å². The third-order valence-electron chi connectivity index (χ3n) is 3.82. The Morgan fingerprint density at radius 3 is 2.62 bits per heavy atom. The maximum Gasteiger partial charge on any atom is 0.265 e. The molecule has 1 atom stereocenters. The van der Waals surface area contributed by atoms with E-state index in [1.54, 1.807) is 17.0 Å². The third kappa shape index (κ3) is 4.66. The van der Waals surface area contributed by atoms with Gasteiger partial charge in [0.15, 0.2) is 0 Å². The van der Waals surface area contributed by atoms with E-state index in [0.717, 1.165) is 22.7 Å². The molecule has 3 rings (SSSR count). The minimum Gasteiger partial charge on any atom is -0.336 e. The molecule has 0 unspecified atom stereocenters. The first-order valence-electron chi connectivity index (χ1n) is 7.28. The van der Waals surface area contributed by atoms with Crippen LogP contribution in [0, 0.1) is 12.7 Å². The van der Waals surface area contributed by atoms with Crippen molar-refractivity contribution in [2.75, 3.05) is 13.1 Å². The molecule has 2 aromatic rings. The minimum atomic E-state index is -0.250. The number of carbonyl (C=O) groups is 1. The number of aromatic nitrogens is 1. The number of nitrogens with two attached hydrogens (primary N) is 1. The molecule has 0 saturated carbocycles. The van der Waals surface area contributed by atoms with Crippen molar-refractivity contribution in [1.82, 2.24) is 9.88 Å². The van der Waals surface area contributed by atoms with Crippen LogP contribution >= 0.6 is 36.2 Å². The van der Waals surface area contributed by atoms with E-state index in [1.165, 1.54) is 23.5 Å². The average molecular weight is 392 g/mol. The topological polar surface area (TPSA) is 59.2 Å². The standard InChI is InChI=1S/C16H18FN3OS.2ClH/c1-10-15(16(21)20-7-6-13(18)9-20)22-14(19-10)8-11-2-4-12(17)5-3-11;;/h2-5,13H,6-9,18H2,1H3;2*1H/t13-;;/m1../s1. The smallest absolute Gasteiger partial charge is 0.265 e. The number of thiazole rings is 1. The molecule has 2 N–H and O–H groups in total. The number of hydrogen-bond donors (Lipinski definition) is 1. The van der Waals surface area contributed by atoms with Crippen LogP contribution in [-0.2, 0) is 6.42 Å². The van der Waals surface area contributed by atoms with E-state index in [-0.39, 0.29) is 42.6 Å². The molecular weight excluding hydrogens is 372 g/mol. The summed E-state index contributed by atoms with van der Waals surface area (Å²) in [6, 6.07) is 6.44. The summed E-state index contributed by atoms with van der Waals surface area (Å²) >= 11 is 1.42. The molecule has 1 aromatic carbocycles.